The van der Waals surface area contributed by atoms with Crippen molar-refractivity contribution in [3.63, 3.8) is 0 Å². The summed E-state index contributed by atoms with van der Waals surface area (Å²) >= 11 is 0. The van der Waals surface area contributed by atoms with Crippen LogP contribution in [0.5, 0.6) is 0 Å². The van der Waals surface area contributed by atoms with Crippen LogP contribution in [-0.2, 0) is 9.53 Å². The molecule has 0 saturated heterocycles. The standard InChI is InChI=1S/C10H14N2O2/c1-4-14-10(13)9(8-11)6-5-7-12(2)3/h5-7H,4H2,1-3H3. The van der Waals surface area contributed by atoms with Gasteiger partial charge in [-0.3, -0.25) is 0 Å². The number of carbonyl (C=O) groups excluding carboxylic acids is 1. The highest BCUT2D eigenvalue weighted by Crippen LogP contribution is 1.97. The van der Waals surface area contributed by atoms with E-state index in [9.17, 15) is 4.79 Å². The summed E-state index contributed by atoms with van der Waals surface area (Å²) in [6.45, 7) is 1.97. The predicted molar refractivity (Wildman–Crippen MR) is 53.2 cm³/mol. The average molecular weight is 194 g/mol. The van der Waals surface area contributed by atoms with Gasteiger partial charge in [-0.2, -0.15) is 5.26 Å². The number of hydrogen-bond donors (Lipinski definition) is 0. The SMILES string of the molecule is CCOC(=O)C(C#N)=CC=CN(C)C. The Labute approximate surface area is 84.1 Å². The highest BCUT2D eigenvalue weighted by molar-refractivity contribution is 5.93. The maximum Gasteiger partial charge on any atom is 0.348 e. The van der Waals surface area contributed by atoms with Crippen molar-refractivity contribution in [1.29, 1.82) is 5.26 Å². The Morgan fingerprint density at radius 1 is 1.57 bits per heavy atom. The molecular weight excluding hydrogens is 180 g/mol. The summed E-state index contributed by atoms with van der Waals surface area (Å²) in [7, 11) is 3.70. The van der Waals surface area contributed by atoms with E-state index in [1.165, 1.54) is 6.08 Å². The van der Waals surface area contributed by atoms with Gasteiger partial charge in [0.05, 0.1) is 6.61 Å². The van der Waals surface area contributed by atoms with Crippen LogP contribution in [0.2, 0.25) is 0 Å². The summed E-state index contributed by atoms with van der Waals surface area (Å²) in [5, 5.41) is 8.62. The molecule has 0 radical (unpaired) electrons. The fourth-order valence-corrected chi connectivity index (χ4v) is 0.671. The Hall–Kier alpha value is -1.76. The van der Waals surface area contributed by atoms with E-state index in [1.807, 2.05) is 14.1 Å². The monoisotopic (exact) mass is 194 g/mol. The zero-order valence-corrected chi connectivity index (χ0v) is 8.65. The van der Waals surface area contributed by atoms with Crippen molar-refractivity contribution < 1.29 is 9.53 Å². The molecule has 0 bridgehead atoms. The minimum atomic E-state index is -0.585. The van der Waals surface area contributed by atoms with Crippen LogP contribution < -0.4 is 0 Å². The topological polar surface area (TPSA) is 53.3 Å². The van der Waals surface area contributed by atoms with E-state index in [1.54, 1.807) is 30.2 Å². The quantitative estimate of drug-likeness (QED) is 0.291. The zero-order chi connectivity index (χ0) is 11.0. The Balaban J connectivity index is 4.42. The fraction of sp³-hybridized carbons (Fsp3) is 0.400. The van der Waals surface area contributed by atoms with Gasteiger partial charge in [-0.1, -0.05) is 0 Å². The van der Waals surface area contributed by atoms with Crippen LogP contribution in [0.4, 0.5) is 0 Å². The highest BCUT2D eigenvalue weighted by Gasteiger charge is 2.07. The van der Waals surface area contributed by atoms with Gasteiger partial charge in [0.25, 0.3) is 0 Å². The summed E-state index contributed by atoms with van der Waals surface area (Å²) in [5.74, 6) is -0.585. The van der Waals surface area contributed by atoms with Gasteiger partial charge in [-0.15, -0.1) is 0 Å². The van der Waals surface area contributed by atoms with Gasteiger partial charge in [0, 0.05) is 14.1 Å². The summed E-state index contributed by atoms with van der Waals surface area (Å²) in [6, 6.07) is 1.78. The molecular formula is C10H14N2O2. The summed E-state index contributed by atoms with van der Waals surface area (Å²) in [4.78, 5) is 12.9. The maximum absolute atomic E-state index is 11.1. The molecule has 0 aromatic carbocycles. The number of nitrogens with zero attached hydrogens (tertiary/aromatic N) is 2. The third kappa shape index (κ3) is 4.99. The molecule has 4 heteroatoms. The largest absolute Gasteiger partial charge is 0.462 e. The number of nitriles is 1. The molecule has 0 unspecified atom stereocenters. The molecule has 4 nitrogen and oxygen atoms in total. The third-order valence-corrected chi connectivity index (χ3v) is 1.26. The fourth-order valence-electron chi connectivity index (χ4n) is 0.671. The van der Waals surface area contributed by atoms with Gasteiger partial charge in [0.2, 0.25) is 0 Å². The van der Waals surface area contributed by atoms with E-state index in [2.05, 4.69) is 4.74 Å². The van der Waals surface area contributed by atoms with Crippen LogP contribution in [0.15, 0.2) is 23.9 Å². The molecule has 0 N–H and O–H groups in total. The van der Waals surface area contributed by atoms with Gasteiger partial charge >= 0.3 is 5.97 Å². The number of allylic oxidation sites excluding steroid dienone is 2. The van der Waals surface area contributed by atoms with Crippen LogP contribution in [0, 0.1) is 11.3 Å². The van der Waals surface area contributed by atoms with Gasteiger partial charge in [0.15, 0.2) is 0 Å². The van der Waals surface area contributed by atoms with Crippen molar-refractivity contribution in [3.8, 4) is 6.07 Å². The first kappa shape index (κ1) is 12.2. The van der Waals surface area contributed by atoms with Crippen LogP contribution >= 0.6 is 0 Å². The molecule has 0 spiro atoms. The Morgan fingerprint density at radius 3 is 2.64 bits per heavy atom. The first-order chi connectivity index (χ1) is 6.61. The summed E-state index contributed by atoms with van der Waals surface area (Å²) in [6.07, 6.45) is 4.78. The predicted octanol–water partition coefficient (Wildman–Crippen LogP) is 1.07. The molecule has 0 aromatic rings. The molecule has 0 aliphatic carbocycles. The molecule has 0 saturated carbocycles. The van der Waals surface area contributed by atoms with E-state index >= 15 is 0 Å². The molecule has 0 atom stereocenters. The smallest absolute Gasteiger partial charge is 0.348 e. The molecule has 76 valence electrons. The molecule has 0 amide bonds. The Bertz CT molecular complexity index is 285. The molecule has 0 aliphatic heterocycles. The Morgan fingerprint density at radius 2 is 2.21 bits per heavy atom. The lowest BCUT2D eigenvalue weighted by molar-refractivity contribution is -0.138. The minimum Gasteiger partial charge on any atom is -0.462 e. The van der Waals surface area contributed by atoms with Gasteiger partial charge < -0.3 is 9.64 Å². The number of ether oxygens (including phenoxy) is 1. The van der Waals surface area contributed by atoms with Crippen molar-refractivity contribution in [2.75, 3.05) is 20.7 Å². The molecule has 0 aliphatic rings. The molecule has 0 fully saturated rings. The number of esters is 1. The minimum absolute atomic E-state index is 0.00458. The van der Waals surface area contributed by atoms with E-state index < -0.39 is 5.97 Å². The normalized spacial score (nSPS) is 11.1. The highest BCUT2D eigenvalue weighted by atomic mass is 16.5. The second-order valence-electron chi connectivity index (χ2n) is 2.72. The number of carbonyl (C=O) groups is 1. The van der Waals surface area contributed by atoms with Crippen molar-refractivity contribution in [3.05, 3.63) is 23.9 Å². The van der Waals surface area contributed by atoms with E-state index in [0.29, 0.717) is 0 Å². The van der Waals surface area contributed by atoms with Gasteiger partial charge in [0.1, 0.15) is 11.6 Å². The van der Waals surface area contributed by atoms with Gasteiger partial charge in [-0.05, 0) is 25.3 Å². The lowest BCUT2D eigenvalue weighted by Crippen LogP contribution is -2.06. The molecule has 14 heavy (non-hydrogen) atoms. The number of hydrogen-bond acceptors (Lipinski definition) is 4. The van der Waals surface area contributed by atoms with E-state index in [-0.39, 0.29) is 12.2 Å². The molecule has 0 rings (SSSR count). The Kier molecular flexibility index (Phi) is 5.88. The van der Waals surface area contributed by atoms with Gasteiger partial charge in [-0.25, -0.2) is 4.79 Å². The lowest BCUT2D eigenvalue weighted by atomic mass is 10.3. The average Bonchev–Trinajstić information content (AvgIpc) is 2.12. The van der Waals surface area contributed by atoms with Crippen LogP contribution in [-0.4, -0.2) is 31.6 Å². The van der Waals surface area contributed by atoms with Crippen molar-refractivity contribution in [1.82, 2.24) is 4.90 Å². The van der Waals surface area contributed by atoms with Crippen molar-refractivity contribution in [2.45, 2.75) is 6.92 Å². The second kappa shape index (κ2) is 6.72. The van der Waals surface area contributed by atoms with Crippen LogP contribution in [0.3, 0.4) is 0 Å². The first-order valence-electron chi connectivity index (χ1n) is 4.24. The van der Waals surface area contributed by atoms with Crippen LogP contribution in [0.1, 0.15) is 6.92 Å². The second-order valence-corrected chi connectivity index (χ2v) is 2.72. The lowest BCUT2D eigenvalue weighted by Gasteiger charge is -2.01. The van der Waals surface area contributed by atoms with Crippen molar-refractivity contribution >= 4 is 5.97 Å². The van der Waals surface area contributed by atoms with E-state index in [0.717, 1.165) is 0 Å². The molecule has 0 heterocycles. The van der Waals surface area contributed by atoms with Crippen molar-refractivity contribution in [2.24, 2.45) is 0 Å². The first-order valence-corrected chi connectivity index (χ1v) is 4.24. The third-order valence-electron chi connectivity index (χ3n) is 1.26. The zero-order valence-electron chi connectivity index (χ0n) is 8.65. The maximum atomic E-state index is 11.1. The molecule has 0 aromatic heterocycles. The van der Waals surface area contributed by atoms with Crippen LogP contribution in [0.25, 0.3) is 0 Å². The summed E-state index contributed by atoms with van der Waals surface area (Å²) < 4.78 is 4.68. The van der Waals surface area contributed by atoms with E-state index in [4.69, 9.17) is 5.26 Å². The number of rotatable bonds is 4. The summed E-state index contributed by atoms with van der Waals surface area (Å²) in [5.41, 5.74) is 0.00458.